The fourth-order valence-corrected chi connectivity index (χ4v) is 1.65. The van der Waals surface area contributed by atoms with Crippen molar-refractivity contribution in [3.8, 4) is 6.07 Å². The quantitative estimate of drug-likeness (QED) is 0.828. The van der Waals surface area contributed by atoms with Gasteiger partial charge in [0.1, 0.15) is 5.92 Å². The van der Waals surface area contributed by atoms with E-state index in [2.05, 4.69) is 15.9 Å². The van der Waals surface area contributed by atoms with Crippen LogP contribution in [-0.2, 0) is 4.79 Å². The summed E-state index contributed by atoms with van der Waals surface area (Å²) in [4.78, 5) is 11.0. The lowest BCUT2D eigenvalue weighted by molar-refractivity contribution is -0.171. The van der Waals surface area contributed by atoms with E-state index in [9.17, 15) is 18.0 Å². The zero-order valence-electron chi connectivity index (χ0n) is 8.05. The first kappa shape index (κ1) is 14.0. The lowest BCUT2D eigenvalue weighted by Crippen LogP contribution is -2.28. The third-order valence-corrected chi connectivity index (χ3v) is 3.16. The highest BCUT2D eigenvalue weighted by Crippen LogP contribution is 2.31. The predicted molar refractivity (Wildman–Crippen MR) is 58.6 cm³/mol. The van der Waals surface area contributed by atoms with Crippen molar-refractivity contribution in [2.45, 2.75) is 12.1 Å². The number of Topliss-reactive ketones (excluding diaryl/α,β-unsaturated/α-hetero) is 1. The van der Waals surface area contributed by atoms with E-state index in [0.717, 1.165) is 0 Å². The van der Waals surface area contributed by atoms with Crippen LogP contribution in [0.1, 0.15) is 11.5 Å². The van der Waals surface area contributed by atoms with E-state index in [1.807, 2.05) is 0 Å². The van der Waals surface area contributed by atoms with Gasteiger partial charge >= 0.3 is 6.18 Å². The highest BCUT2D eigenvalue weighted by atomic mass is 79.9. The molecular formula is C10H4BrClF3NO. The second kappa shape index (κ2) is 5.07. The summed E-state index contributed by atoms with van der Waals surface area (Å²) < 4.78 is 37.0. The molecule has 1 rings (SSSR count). The van der Waals surface area contributed by atoms with Gasteiger partial charge in [-0.25, -0.2) is 0 Å². The van der Waals surface area contributed by atoms with Crippen LogP contribution in [0.25, 0.3) is 0 Å². The summed E-state index contributed by atoms with van der Waals surface area (Å²) in [6.07, 6.45) is -5.04. The number of alkyl halides is 3. The molecule has 0 heterocycles. The first-order valence-electron chi connectivity index (χ1n) is 4.23. The number of ketones is 1. The Hall–Kier alpha value is -1.06. The SMILES string of the molecule is N#CC(C(=O)C(F)(F)F)c1ccc(Cl)c(Br)c1. The summed E-state index contributed by atoms with van der Waals surface area (Å²) >= 11 is 8.67. The molecule has 7 heteroatoms. The van der Waals surface area contributed by atoms with Gasteiger partial charge in [0.15, 0.2) is 0 Å². The summed E-state index contributed by atoms with van der Waals surface area (Å²) in [7, 11) is 0. The Balaban J connectivity index is 3.16. The van der Waals surface area contributed by atoms with E-state index in [0.29, 0.717) is 4.47 Å². The van der Waals surface area contributed by atoms with Gasteiger partial charge in [-0.05, 0) is 33.6 Å². The summed E-state index contributed by atoms with van der Waals surface area (Å²) in [5.74, 6) is -3.96. The molecule has 90 valence electrons. The Labute approximate surface area is 108 Å². The maximum absolute atomic E-state index is 12.2. The van der Waals surface area contributed by atoms with Crippen LogP contribution in [0.3, 0.4) is 0 Å². The zero-order valence-corrected chi connectivity index (χ0v) is 10.4. The van der Waals surface area contributed by atoms with Gasteiger partial charge in [-0.3, -0.25) is 4.79 Å². The number of nitrogens with zero attached hydrogens (tertiary/aromatic N) is 1. The molecule has 0 aromatic heterocycles. The molecule has 1 aromatic rings. The van der Waals surface area contributed by atoms with Gasteiger partial charge in [0, 0.05) is 4.47 Å². The van der Waals surface area contributed by atoms with Gasteiger partial charge in [-0.2, -0.15) is 18.4 Å². The normalized spacial score (nSPS) is 12.9. The smallest absolute Gasteiger partial charge is 0.288 e. The molecule has 0 spiro atoms. The average molecular weight is 326 g/mol. The molecule has 1 unspecified atom stereocenters. The second-order valence-electron chi connectivity index (χ2n) is 3.10. The third kappa shape index (κ3) is 3.20. The lowest BCUT2D eigenvalue weighted by Gasteiger charge is -2.11. The Morgan fingerprint density at radius 2 is 2.06 bits per heavy atom. The first-order chi connectivity index (χ1) is 7.77. The summed E-state index contributed by atoms with van der Waals surface area (Å²) in [5.41, 5.74) is -0.0499. The molecule has 0 bridgehead atoms. The highest BCUT2D eigenvalue weighted by molar-refractivity contribution is 9.10. The van der Waals surface area contributed by atoms with Crippen LogP contribution in [0.5, 0.6) is 0 Å². The first-order valence-corrected chi connectivity index (χ1v) is 5.40. The minimum atomic E-state index is -5.04. The molecule has 0 radical (unpaired) electrons. The van der Waals surface area contributed by atoms with Crippen LogP contribution in [0.2, 0.25) is 5.02 Å². The van der Waals surface area contributed by atoms with Crippen molar-refractivity contribution in [3.63, 3.8) is 0 Å². The summed E-state index contributed by atoms with van der Waals surface area (Å²) in [5, 5.41) is 8.94. The Kier molecular flexibility index (Phi) is 4.17. The number of carbonyl (C=O) groups excluding carboxylic acids is 1. The van der Waals surface area contributed by atoms with E-state index >= 15 is 0 Å². The van der Waals surface area contributed by atoms with Crippen LogP contribution in [0.4, 0.5) is 13.2 Å². The molecule has 0 aliphatic heterocycles. The van der Waals surface area contributed by atoms with Crippen LogP contribution >= 0.6 is 27.5 Å². The van der Waals surface area contributed by atoms with Gasteiger partial charge in [0.25, 0.3) is 5.78 Å². The molecule has 0 fully saturated rings. The van der Waals surface area contributed by atoms with Crippen molar-refractivity contribution in [3.05, 3.63) is 33.3 Å². The standard InChI is InChI=1S/C10H4BrClF3NO/c11-7-3-5(1-2-8(7)12)6(4-16)9(17)10(13,14)15/h1-3,6H. The average Bonchev–Trinajstić information content (AvgIpc) is 2.23. The van der Waals surface area contributed by atoms with Crippen LogP contribution in [-0.4, -0.2) is 12.0 Å². The third-order valence-electron chi connectivity index (χ3n) is 1.95. The van der Waals surface area contributed by atoms with Crippen molar-refractivity contribution < 1.29 is 18.0 Å². The van der Waals surface area contributed by atoms with Crippen LogP contribution in [0.15, 0.2) is 22.7 Å². The van der Waals surface area contributed by atoms with E-state index < -0.39 is 17.9 Å². The van der Waals surface area contributed by atoms with Crippen molar-refractivity contribution in [1.82, 2.24) is 0 Å². The molecule has 0 aliphatic carbocycles. The molecule has 0 saturated carbocycles. The fourth-order valence-electron chi connectivity index (χ4n) is 1.14. The number of hydrogen-bond acceptors (Lipinski definition) is 2. The maximum atomic E-state index is 12.2. The maximum Gasteiger partial charge on any atom is 0.451 e. The predicted octanol–water partition coefficient (Wildman–Crippen LogP) is 3.84. The summed E-state index contributed by atoms with van der Waals surface area (Å²) in [6, 6.07) is 5.09. The molecular weight excluding hydrogens is 322 g/mol. The van der Waals surface area contributed by atoms with Crippen molar-refractivity contribution in [2.75, 3.05) is 0 Å². The number of rotatable bonds is 2. The topological polar surface area (TPSA) is 40.9 Å². The van der Waals surface area contributed by atoms with E-state index in [4.69, 9.17) is 16.9 Å². The van der Waals surface area contributed by atoms with Crippen LogP contribution < -0.4 is 0 Å². The number of benzene rings is 1. The Morgan fingerprint density at radius 3 is 2.47 bits per heavy atom. The number of nitriles is 1. The molecule has 0 aliphatic rings. The number of hydrogen-bond donors (Lipinski definition) is 0. The molecule has 17 heavy (non-hydrogen) atoms. The zero-order chi connectivity index (χ0) is 13.2. The van der Waals surface area contributed by atoms with E-state index in [-0.39, 0.29) is 10.6 Å². The van der Waals surface area contributed by atoms with Crippen molar-refractivity contribution >= 4 is 33.3 Å². The largest absolute Gasteiger partial charge is 0.451 e. The van der Waals surface area contributed by atoms with Gasteiger partial charge in [0.2, 0.25) is 0 Å². The molecule has 1 aromatic carbocycles. The molecule has 2 nitrogen and oxygen atoms in total. The van der Waals surface area contributed by atoms with Gasteiger partial charge in [-0.15, -0.1) is 0 Å². The fraction of sp³-hybridized carbons (Fsp3) is 0.200. The van der Waals surface area contributed by atoms with Gasteiger partial charge in [-0.1, -0.05) is 17.7 Å². The molecule has 0 N–H and O–H groups in total. The lowest BCUT2D eigenvalue weighted by atomic mass is 9.96. The minimum Gasteiger partial charge on any atom is -0.288 e. The highest BCUT2D eigenvalue weighted by Gasteiger charge is 2.44. The van der Waals surface area contributed by atoms with Crippen molar-refractivity contribution in [1.29, 1.82) is 5.26 Å². The molecule has 0 amide bonds. The Morgan fingerprint density at radius 1 is 1.47 bits per heavy atom. The monoisotopic (exact) mass is 325 g/mol. The van der Waals surface area contributed by atoms with Crippen LogP contribution in [0, 0.1) is 11.3 Å². The summed E-state index contributed by atoms with van der Waals surface area (Å²) in [6.45, 7) is 0. The molecule has 1 atom stereocenters. The van der Waals surface area contributed by atoms with Gasteiger partial charge in [0.05, 0.1) is 11.1 Å². The second-order valence-corrected chi connectivity index (χ2v) is 4.36. The molecule has 0 saturated heterocycles. The van der Waals surface area contributed by atoms with E-state index in [1.54, 1.807) is 0 Å². The van der Waals surface area contributed by atoms with Gasteiger partial charge < -0.3 is 0 Å². The number of carbonyl (C=O) groups is 1. The Bertz CT molecular complexity index is 495. The minimum absolute atomic E-state index is 0.0499. The van der Waals surface area contributed by atoms with Crippen molar-refractivity contribution in [2.24, 2.45) is 0 Å². The number of halogens is 5. The van der Waals surface area contributed by atoms with E-state index in [1.165, 1.54) is 24.3 Å².